The minimum atomic E-state index is -0.364. The van der Waals surface area contributed by atoms with Crippen molar-refractivity contribution < 1.29 is 4.39 Å². The van der Waals surface area contributed by atoms with E-state index in [2.05, 4.69) is 15.1 Å². The van der Waals surface area contributed by atoms with Gasteiger partial charge in [-0.25, -0.2) is 4.39 Å². The fourth-order valence-electron chi connectivity index (χ4n) is 2.25. The zero-order chi connectivity index (χ0) is 14.6. The summed E-state index contributed by atoms with van der Waals surface area (Å²) in [7, 11) is 0. The molecule has 0 saturated heterocycles. The van der Waals surface area contributed by atoms with Gasteiger partial charge in [0, 0.05) is 5.92 Å². The summed E-state index contributed by atoms with van der Waals surface area (Å²) in [4.78, 5) is 8.57. The molecule has 0 aliphatic heterocycles. The van der Waals surface area contributed by atoms with Crippen molar-refractivity contribution in [3.8, 4) is 11.1 Å². The zero-order valence-electron chi connectivity index (χ0n) is 10.7. The molecule has 0 atom stereocenters. The van der Waals surface area contributed by atoms with E-state index in [9.17, 15) is 4.39 Å². The van der Waals surface area contributed by atoms with E-state index in [1.54, 1.807) is 12.1 Å². The molecule has 106 valence electrons. The van der Waals surface area contributed by atoms with Gasteiger partial charge in [-0.3, -0.25) is 0 Å². The maximum Gasteiger partial charge on any atom is 0.255 e. The zero-order valence-corrected chi connectivity index (χ0v) is 12.2. The van der Waals surface area contributed by atoms with E-state index in [1.165, 1.54) is 16.6 Å². The van der Waals surface area contributed by atoms with Crippen LogP contribution in [0.25, 0.3) is 16.9 Å². The highest BCUT2D eigenvalue weighted by Gasteiger charge is 2.29. The summed E-state index contributed by atoms with van der Waals surface area (Å²) in [5, 5.41) is 4.86. The Balaban J connectivity index is 1.96. The van der Waals surface area contributed by atoms with Gasteiger partial charge in [0.1, 0.15) is 16.1 Å². The van der Waals surface area contributed by atoms with Crippen LogP contribution in [0.5, 0.6) is 0 Å². The van der Waals surface area contributed by atoms with Crippen molar-refractivity contribution in [2.75, 3.05) is 0 Å². The number of hydrogen-bond donors (Lipinski definition) is 0. The van der Waals surface area contributed by atoms with Gasteiger partial charge in [-0.05, 0) is 30.5 Å². The molecule has 1 fully saturated rings. The first kappa shape index (κ1) is 13.0. The van der Waals surface area contributed by atoms with Crippen LogP contribution in [0.4, 0.5) is 4.39 Å². The molecule has 0 N–H and O–H groups in total. The van der Waals surface area contributed by atoms with E-state index in [0.29, 0.717) is 22.8 Å². The van der Waals surface area contributed by atoms with Crippen molar-refractivity contribution in [2.24, 2.45) is 0 Å². The first-order valence-electron chi connectivity index (χ1n) is 6.51. The SMILES string of the molecule is Fc1cccc(-c2c(Cl)nc3nc(C4CC4)nn3c2Cl)c1. The Hall–Kier alpha value is -1.72. The topological polar surface area (TPSA) is 43.1 Å². The molecule has 0 bridgehead atoms. The molecular formula is C14H9Cl2FN4. The Kier molecular flexibility index (Phi) is 2.87. The van der Waals surface area contributed by atoms with Gasteiger partial charge >= 0.3 is 0 Å². The molecule has 1 aliphatic rings. The minimum absolute atomic E-state index is 0.188. The minimum Gasteiger partial charge on any atom is -0.207 e. The van der Waals surface area contributed by atoms with Crippen molar-refractivity contribution in [3.05, 3.63) is 46.2 Å². The second kappa shape index (κ2) is 4.64. The monoisotopic (exact) mass is 322 g/mol. The highest BCUT2D eigenvalue weighted by atomic mass is 35.5. The Bertz CT molecular complexity index is 858. The fraction of sp³-hybridized carbons (Fsp3) is 0.214. The van der Waals surface area contributed by atoms with E-state index < -0.39 is 0 Å². The van der Waals surface area contributed by atoms with E-state index in [4.69, 9.17) is 23.2 Å². The van der Waals surface area contributed by atoms with Gasteiger partial charge in [0.05, 0.1) is 5.56 Å². The molecule has 0 unspecified atom stereocenters. The third-order valence-electron chi connectivity index (χ3n) is 3.46. The van der Waals surface area contributed by atoms with Crippen molar-refractivity contribution in [1.29, 1.82) is 0 Å². The lowest BCUT2D eigenvalue weighted by Gasteiger charge is -2.07. The van der Waals surface area contributed by atoms with Crippen molar-refractivity contribution in [1.82, 2.24) is 19.6 Å². The van der Waals surface area contributed by atoms with Crippen LogP contribution in [-0.2, 0) is 0 Å². The van der Waals surface area contributed by atoms with Crippen LogP contribution in [0.15, 0.2) is 24.3 Å². The number of aromatic nitrogens is 4. The van der Waals surface area contributed by atoms with E-state index in [1.807, 2.05) is 0 Å². The van der Waals surface area contributed by atoms with Crippen LogP contribution in [0.3, 0.4) is 0 Å². The normalized spacial score (nSPS) is 14.8. The summed E-state index contributed by atoms with van der Waals surface area (Å²) in [5.74, 6) is 1.13. The molecule has 1 aliphatic carbocycles. The van der Waals surface area contributed by atoms with Crippen molar-refractivity contribution in [2.45, 2.75) is 18.8 Å². The number of halogens is 3. The molecule has 21 heavy (non-hydrogen) atoms. The summed E-state index contributed by atoms with van der Waals surface area (Å²) < 4.78 is 14.9. The molecule has 1 saturated carbocycles. The molecule has 4 nitrogen and oxygen atoms in total. The molecule has 0 radical (unpaired) electrons. The largest absolute Gasteiger partial charge is 0.255 e. The van der Waals surface area contributed by atoms with Crippen LogP contribution in [0, 0.1) is 5.82 Å². The average Bonchev–Trinajstić information content (AvgIpc) is 3.20. The van der Waals surface area contributed by atoms with Crippen LogP contribution >= 0.6 is 23.2 Å². The fourth-order valence-corrected chi connectivity index (χ4v) is 2.89. The Morgan fingerprint density at radius 2 is 2.00 bits per heavy atom. The smallest absolute Gasteiger partial charge is 0.207 e. The summed E-state index contributed by atoms with van der Waals surface area (Å²) in [5.41, 5.74) is 1.01. The standard InChI is InChI=1S/C14H9Cl2FN4/c15-11-10(8-2-1-3-9(17)6-8)12(16)21-14(18-11)19-13(20-21)7-4-5-7/h1-3,6-7H,4-5H2. The second-order valence-corrected chi connectivity index (χ2v) is 5.75. The quantitative estimate of drug-likeness (QED) is 0.667. The van der Waals surface area contributed by atoms with Gasteiger partial charge in [-0.2, -0.15) is 14.5 Å². The Morgan fingerprint density at radius 3 is 2.71 bits per heavy atom. The third-order valence-corrected chi connectivity index (χ3v) is 4.08. The van der Waals surface area contributed by atoms with Gasteiger partial charge in [-0.1, -0.05) is 35.3 Å². The highest BCUT2D eigenvalue weighted by molar-refractivity contribution is 6.38. The third kappa shape index (κ3) is 2.17. The number of nitrogens with zero attached hydrogens (tertiary/aromatic N) is 4. The first-order chi connectivity index (χ1) is 10.1. The van der Waals surface area contributed by atoms with Crippen LogP contribution < -0.4 is 0 Å². The predicted octanol–water partition coefficient (Wildman–Crippen LogP) is 4.11. The average molecular weight is 323 g/mol. The summed E-state index contributed by atoms with van der Waals surface area (Å²) in [6.07, 6.45) is 2.16. The molecule has 2 aromatic heterocycles. The maximum absolute atomic E-state index is 13.4. The lowest BCUT2D eigenvalue weighted by molar-refractivity contribution is 0.628. The molecule has 4 rings (SSSR count). The summed E-state index contributed by atoms with van der Waals surface area (Å²) >= 11 is 12.6. The summed E-state index contributed by atoms with van der Waals surface area (Å²) in [6.45, 7) is 0. The predicted molar refractivity (Wildman–Crippen MR) is 78.2 cm³/mol. The molecule has 0 amide bonds. The van der Waals surface area contributed by atoms with Gasteiger partial charge < -0.3 is 0 Å². The van der Waals surface area contributed by atoms with Crippen molar-refractivity contribution in [3.63, 3.8) is 0 Å². The highest BCUT2D eigenvalue weighted by Crippen LogP contribution is 2.39. The number of benzene rings is 1. The Morgan fingerprint density at radius 1 is 1.19 bits per heavy atom. The Labute approximate surface area is 129 Å². The van der Waals surface area contributed by atoms with E-state index >= 15 is 0 Å². The number of fused-ring (bicyclic) bond motifs is 1. The molecule has 2 heterocycles. The molecule has 0 spiro atoms. The number of rotatable bonds is 2. The lowest BCUT2D eigenvalue weighted by atomic mass is 10.1. The van der Waals surface area contributed by atoms with Crippen LogP contribution in [-0.4, -0.2) is 19.6 Å². The molecule has 7 heteroatoms. The van der Waals surface area contributed by atoms with Gasteiger partial charge in [0.25, 0.3) is 5.78 Å². The van der Waals surface area contributed by atoms with Crippen LogP contribution in [0.1, 0.15) is 24.6 Å². The summed E-state index contributed by atoms with van der Waals surface area (Å²) in [6, 6.07) is 6.04. The van der Waals surface area contributed by atoms with E-state index in [0.717, 1.165) is 18.7 Å². The second-order valence-electron chi connectivity index (χ2n) is 5.03. The van der Waals surface area contributed by atoms with Gasteiger partial charge in [0.2, 0.25) is 0 Å². The molecule has 1 aromatic carbocycles. The first-order valence-corrected chi connectivity index (χ1v) is 7.26. The number of hydrogen-bond acceptors (Lipinski definition) is 3. The van der Waals surface area contributed by atoms with Crippen molar-refractivity contribution >= 4 is 29.0 Å². The van der Waals surface area contributed by atoms with Gasteiger partial charge in [0.15, 0.2) is 5.82 Å². The van der Waals surface area contributed by atoms with E-state index in [-0.39, 0.29) is 16.1 Å². The molecular weight excluding hydrogens is 314 g/mol. The van der Waals surface area contributed by atoms with Crippen LogP contribution in [0.2, 0.25) is 10.3 Å². The molecule has 3 aromatic rings. The lowest BCUT2D eigenvalue weighted by Crippen LogP contribution is -1.98. The maximum atomic E-state index is 13.4. The van der Waals surface area contributed by atoms with Gasteiger partial charge in [-0.15, -0.1) is 5.10 Å².